The summed E-state index contributed by atoms with van der Waals surface area (Å²) >= 11 is 0. The second-order valence-corrected chi connectivity index (χ2v) is 3.41. The first kappa shape index (κ1) is 12.8. The summed E-state index contributed by atoms with van der Waals surface area (Å²) in [6, 6.07) is 3.53. The lowest BCUT2D eigenvalue weighted by Crippen LogP contribution is -2.35. The monoisotopic (exact) mass is 239 g/mol. The number of carboxylic acid groups (broad SMARTS) is 1. The number of amides is 1. The maximum absolute atomic E-state index is 11.9. The van der Waals surface area contributed by atoms with Crippen LogP contribution in [-0.2, 0) is 4.79 Å². The molecule has 92 valence electrons. The second-order valence-electron chi connectivity index (χ2n) is 3.41. The number of phenols is 2. The maximum atomic E-state index is 11.9. The fourth-order valence-corrected chi connectivity index (χ4v) is 1.36. The average molecular weight is 239 g/mol. The van der Waals surface area contributed by atoms with E-state index in [9.17, 15) is 14.7 Å². The van der Waals surface area contributed by atoms with Crippen LogP contribution in [0.4, 0.5) is 0 Å². The molecule has 6 heteroatoms. The van der Waals surface area contributed by atoms with Gasteiger partial charge in [-0.15, -0.1) is 0 Å². The van der Waals surface area contributed by atoms with E-state index in [4.69, 9.17) is 10.2 Å². The molecule has 1 amide bonds. The number of carbonyl (C=O) groups is 2. The fourth-order valence-electron chi connectivity index (χ4n) is 1.36. The number of benzene rings is 1. The molecule has 1 rings (SSSR count). The molecule has 0 atom stereocenters. The summed E-state index contributed by atoms with van der Waals surface area (Å²) in [5.74, 6) is -2.26. The lowest BCUT2D eigenvalue weighted by Gasteiger charge is -2.19. The minimum Gasteiger partial charge on any atom is -0.508 e. The third-order valence-corrected chi connectivity index (χ3v) is 2.21. The average Bonchev–Trinajstić information content (AvgIpc) is 2.24. The van der Waals surface area contributed by atoms with Crippen molar-refractivity contribution in [3.63, 3.8) is 0 Å². The van der Waals surface area contributed by atoms with Gasteiger partial charge in [0.05, 0.1) is 5.56 Å². The smallest absolute Gasteiger partial charge is 0.323 e. The van der Waals surface area contributed by atoms with Crippen molar-refractivity contribution in [1.29, 1.82) is 0 Å². The molecule has 6 nitrogen and oxygen atoms in total. The van der Waals surface area contributed by atoms with Crippen molar-refractivity contribution < 1.29 is 24.9 Å². The Balaban J connectivity index is 2.97. The number of rotatable bonds is 4. The zero-order valence-electron chi connectivity index (χ0n) is 9.25. The van der Waals surface area contributed by atoms with Gasteiger partial charge in [0, 0.05) is 12.6 Å². The third-order valence-electron chi connectivity index (χ3n) is 2.21. The Bertz CT molecular complexity index is 443. The second kappa shape index (κ2) is 5.20. The van der Waals surface area contributed by atoms with Crippen LogP contribution in [-0.4, -0.2) is 45.2 Å². The Morgan fingerprint density at radius 2 is 1.94 bits per heavy atom. The Morgan fingerprint density at radius 1 is 1.29 bits per heavy atom. The molecule has 1 aromatic rings. The number of hydrogen-bond donors (Lipinski definition) is 3. The van der Waals surface area contributed by atoms with Gasteiger partial charge in [0.15, 0.2) is 0 Å². The molecule has 0 saturated heterocycles. The predicted octanol–water partition coefficient (Wildman–Crippen LogP) is 0.644. The molecule has 0 spiro atoms. The van der Waals surface area contributed by atoms with Crippen molar-refractivity contribution in [3.05, 3.63) is 23.8 Å². The van der Waals surface area contributed by atoms with Crippen molar-refractivity contribution in [2.75, 3.05) is 13.1 Å². The highest BCUT2D eigenvalue weighted by atomic mass is 16.4. The fraction of sp³-hybridized carbons (Fsp3) is 0.273. The van der Waals surface area contributed by atoms with Crippen LogP contribution < -0.4 is 0 Å². The van der Waals surface area contributed by atoms with Crippen LogP contribution in [0.1, 0.15) is 17.3 Å². The summed E-state index contributed by atoms with van der Waals surface area (Å²) in [5.41, 5.74) is -0.0362. The van der Waals surface area contributed by atoms with E-state index in [1.54, 1.807) is 6.92 Å². The van der Waals surface area contributed by atoms with Crippen molar-refractivity contribution in [2.24, 2.45) is 0 Å². The molecule has 0 aliphatic carbocycles. The molecule has 0 aromatic heterocycles. The van der Waals surface area contributed by atoms with Gasteiger partial charge in [-0.25, -0.2) is 0 Å². The van der Waals surface area contributed by atoms with Gasteiger partial charge in [0.25, 0.3) is 5.91 Å². The minimum absolute atomic E-state index is 0.0362. The number of likely N-dealkylation sites (N-methyl/N-ethyl adjacent to an activating group) is 1. The topological polar surface area (TPSA) is 98.1 Å². The summed E-state index contributed by atoms with van der Waals surface area (Å²) in [4.78, 5) is 23.5. The molecule has 0 aliphatic rings. The molecule has 1 aromatic carbocycles. The highest BCUT2D eigenvalue weighted by molar-refractivity contribution is 5.98. The number of carboxylic acids is 1. The van der Waals surface area contributed by atoms with Crippen LogP contribution in [0.3, 0.4) is 0 Å². The normalized spacial score (nSPS) is 9.94. The number of hydrogen-bond acceptors (Lipinski definition) is 4. The molecular formula is C11H13NO5. The summed E-state index contributed by atoms with van der Waals surface area (Å²) < 4.78 is 0. The van der Waals surface area contributed by atoms with Gasteiger partial charge in [-0.3, -0.25) is 9.59 Å². The molecule has 0 bridgehead atoms. The van der Waals surface area contributed by atoms with E-state index in [0.29, 0.717) is 0 Å². The first-order valence-corrected chi connectivity index (χ1v) is 4.98. The Hall–Kier alpha value is -2.24. The highest BCUT2D eigenvalue weighted by Crippen LogP contribution is 2.23. The van der Waals surface area contributed by atoms with E-state index >= 15 is 0 Å². The minimum atomic E-state index is -1.13. The molecule has 0 fully saturated rings. The summed E-state index contributed by atoms with van der Waals surface area (Å²) in [6.45, 7) is 1.42. The molecular weight excluding hydrogens is 226 g/mol. The van der Waals surface area contributed by atoms with E-state index in [-0.39, 0.29) is 23.6 Å². The lowest BCUT2D eigenvalue weighted by atomic mass is 10.1. The Morgan fingerprint density at radius 3 is 2.41 bits per heavy atom. The third kappa shape index (κ3) is 3.10. The zero-order valence-corrected chi connectivity index (χ0v) is 9.25. The first-order chi connectivity index (χ1) is 7.95. The van der Waals surface area contributed by atoms with Crippen molar-refractivity contribution in [2.45, 2.75) is 6.92 Å². The molecule has 3 N–H and O–H groups in total. The van der Waals surface area contributed by atoms with Crippen LogP contribution in [0, 0.1) is 0 Å². The molecule has 17 heavy (non-hydrogen) atoms. The molecule has 0 aliphatic heterocycles. The quantitative estimate of drug-likeness (QED) is 0.716. The number of carbonyl (C=O) groups excluding carboxylic acids is 1. The van der Waals surface area contributed by atoms with Crippen LogP contribution >= 0.6 is 0 Å². The standard InChI is InChI=1S/C11H13NO5/c1-2-12(6-10(15)16)11(17)8-4-3-7(13)5-9(8)14/h3-5,13-14H,2,6H2,1H3,(H,15,16). The van der Waals surface area contributed by atoms with Gasteiger partial charge in [-0.1, -0.05) is 0 Å². The van der Waals surface area contributed by atoms with Gasteiger partial charge in [0.2, 0.25) is 0 Å². The molecule has 0 saturated carbocycles. The van der Waals surface area contributed by atoms with Crippen LogP contribution in [0.5, 0.6) is 11.5 Å². The SMILES string of the molecule is CCN(CC(=O)O)C(=O)c1ccc(O)cc1O. The number of nitrogens with zero attached hydrogens (tertiary/aromatic N) is 1. The van der Waals surface area contributed by atoms with Crippen LogP contribution in [0.25, 0.3) is 0 Å². The largest absolute Gasteiger partial charge is 0.508 e. The predicted molar refractivity (Wildman–Crippen MR) is 59.0 cm³/mol. The van der Waals surface area contributed by atoms with Gasteiger partial charge >= 0.3 is 5.97 Å². The van der Waals surface area contributed by atoms with E-state index in [1.165, 1.54) is 12.1 Å². The van der Waals surface area contributed by atoms with Gasteiger partial charge < -0.3 is 20.2 Å². The van der Waals surface area contributed by atoms with E-state index < -0.39 is 18.4 Å². The maximum Gasteiger partial charge on any atom is 0.323 e. The first-order valence-electron chi connectivity index (χ1n) is 4.98. The summed E-state index contributed by atoms with van der Waals surface area (Å²) in [6.07, 6.45) is 0. The van der Waals surface area contributed by atoms with Gasteiger partial charge in [-0.05, 0) is 19.1 Å². The van der Waals surface area contributed by atoms with Crippen molar-refractivity contribution in [3.8, 4) is 11.5 Å². The van der Waals surface area contributed by atoms with Crippen molar-refractivity contribution >= 4 is 11.9 Å². The van der Waals surface area contributed by atoms with E-state index in [2.05, 4.69) is 0 Å². The molecule has 0 heterocycles. The Labute approximate surface area is 97.7 Å². The number of aliphatic carboxylic acids is 1. The molecule has 0 unspecified atom stereocenters. The van der Waals surface area contributed by atoms with Crippen LogP contribution in [0.2, 0.25) is 0 Å². The lowest BCUT2D eigenvalue weighted by molar-refractivity contribution is -0.137. The molecule has 0 radical (unpaired) electrons. The summed E-state index contributed by atoms with van der Waals surface area (Å²) in [7, 11) is 0. The van der Waals surface area contributed by atoms with Crippen molar-refractivity contribution in [1.82, 2.24) is 4.90 Å². The summed E-state index contributed by atoms with van der Waals surface area (Å²) in [5, 5.41) is 27.2. The zero-order chi connectivity index (χ0) is 13.0. The Kier molecular flexibility index (Phi) is 3.92. The highest BCUT2D eigenvalue weighted by Gasteiger charge is 2.19. The number of phenolic OH excluding ortho intramolecular Hbond substituents is 2. The van der Waals surface area contributed by atoms with E-state index in [0.717, 1.165) is 11.0 Å². The van der Waals surface area contributed by atoms with E-state index in [1.807, 2.05) is 0 Å². The van der Waals surface area contributed by atoms with Gasteiger partial charge in [-0.2, -0.15) is 0 Å². The number of aromatic hydroxyl groups is 2. The van der Waals surface area contributed by atoms with Gasteiger partial charge in [0.1, 0.15) is 18.0 Å². The van der Waals surface area contributed by atoms with Crippen LogP contribution in [0.15, 0.2) is 18.2 Å².